The zero-order valence-electron chi connectivity index (χ0n) is 9.39. The van der Waals surface area contributed by atoms with Crippen LogP contribution < -0.4 is 4.74 Å². The number of benzene rings is 2. The normalized spacial score (nSPS) is 10.6. The average Bonchev–Trinajstić information content (AvgIpc) is 2.36. The standard InChI is InChI=1S/C13H7Br2Cl3O/c14-8-2-1-7(6-16)12(3-8)19-13-5-10(17)9(15)4-11(13)18/h1-5H,6H2. The van der Waals surface area contributed by atoms with Crippen molar-refractivity contribution in [1.29, 1.82) is 0 Å². The topological polar surface area (TPSA) is 9.23 Å². The van der Waals surface area contributed by atoms with Gasteiger partial charge in [0.1, 0.15) is 11.5 Å². The van der Waals surface area contributed by atoms with Gasteiger partial charge >= 0.3 is 0 Å². The lowest BCUT2D eigenvalue weighted by atomic mass is 10.2. The summed E-state index contributed by atoms with van der Waals surface area (Å²) in [6.45, 7) is 0. The first-order chi connectivity index (χ1) is 9.01. The van der Waals surface area contributed by atoms with Gasteiger partial charge in [-0.15, -0.1) is 11.6 Å². The molecule has 0 saturated carbocycles. The van der Waals surface area contributed by atoms with Crippen LogP contribution in [0.2, 0.25) is 10.0 Å². The number of hydrogen-bond donors (Lipinski definition) is 0. The van der Waals surface area contributed by atoms with E-state index in [1.165, 1.54) is 0 Å². The molecule has 0 aromatic heterocycles. The van der Waals surface area contributed by atoms with E-state index in [1.807, 2.05) is 18.2 Å². The summed E-state index contributed by atoms with van der Waals surface area (Å²) in [6.07, 6.45) is 0. The minimum Gasteiger partial charge on any atom is -0.455 e. The highest BCUT2D eigenvalue weighted by Crippen LogP contribution is 2.38. The number of rotatable bonds is 3. The van der Waals surface area contributed by atoms with Crippen LogP contribution in [0.3, 0.4) is 0 Å². The van der Waals surface area contributed by atoms with E-state index in [2.05, 4.69) is 31.9 Å². The first-order valence-electron chi connectivity index (χ1n) is 5.18. The Balaban J connectivity index is 2.41. The summed E-state index contributed by atoms with van der Waals surface area (Å²) in [4.78, 5) is 0. The smallest absolute Gasteiger partial charge is 0.147 e. The van der Waals surface area contributed by atoms with Crippen molar-refractivity contribution in [2.24, 2.45) is 0 Å². The van der Waals surface area contributed by atoms with Crippen LogP contribution in [0, 0.1) is 0 Å². The van der Waals surface area contributed by atoms with Crippen LogP contribution in [0.5, 0.6) is 11.5 Å². The van der Waals surface area contributed by atoms with Gasteiger partial charge in [0.15, 0.2) is 0 Å². The Labute approximate surface area is 143 Å². The molecule has 0 saturated heterocycles. The first-order valence-corrected chi connectivity index (χ1v) is 8.05. The van der Waals surface area contributed by atoms with Gasteiger partial charge in [-0.1, -0.05) is 45.2 Å². The molecule has 0 heterocycles. The first kappa shape index (κ1) is 15.5. The van der Waals surface area contributed by atoms with Crippen LogP contribution in [0.15, 0.2) is 39.3 Å². The Bertz CT molecular complexity index is 617. The van der Waals surface area contributed by atoms with E-state index in [9.17, 15) is 0 Å². The molecule has 6 heteroatoms. The summed E-state index contributed by atoms with van der Waals surface area (Å²) < 4.78 is 7.42. The molecule has 0 unspecified atom stereocenters. The minimum absolute atomic E-state index is 0.352. The molecule has 0 radical (unpaired) electrons. The number of alkyl halides is 1. The molecule has 2 rings (SSSR count). The second-order valence-electron chi connectivity index (χ2n) is 3.68. The molecule has 2 aromatic carbocycles. The monoisotopic (exact) mass is 442 g/mol. The van der Waals surface area contributed by atoms with Gasteiger partial charge in [-0.2, -0.15) is 0 Å². The molecule has 19 heavy (non-hydrogen) atoms. The molecule has 0 fully saturated rings. The van der Waals surface area contributed by atoms with Gasteiger partial charge in [-0.25, -0.2) is 0 Å². The maximum atomic E-state index is 6.13. The van der Waals surface area contributed by atoms with Gasteiger partial charge in [0.25, 0.3) is 0 Å². The summed E-state index contributed by atoms with van der Waals surface area (Å²) in [7, 11) is 0. The lowest BCUT2D eigenvalue weighted by Gasteiger charge is -2.12. The average molecular weight is 445 g/mol. The Morgan fingerprint density at radius 1 is 0.947 bits per heavy atom. The predicted octanol–water partition coefficient (Wildman–Crippen LogP) is 7.05. The van der Waals surface area contributed by atoms with Gasteiger partial charge in [0, 0.05) is 20.6 Å². The van der Waals surface area contributed by atoms with E-state index in [0.29, 0.717) is 27.4 Å². The van der Waals surface area contributed by atoms with Crippen molar-refractivity contribution < 1.29 is 4.74 Å². The second-order valence-corrected chi connectivity index (χ2v) is 6.54. The molecule has 100 valence electrons. The fourth-order valence-electron chi connectivity index (χ4n) is 1.43. The highest BCUT2D eigenvalue weighted by molar-refractivity contribution is 9.10. The second kappa shape index (κ2) is 6.68. The van der Waals surface area contributed by atoms with E-state index >= 15 is 0 Å². The van der Waals surface area contributed by atoms with Gasteiger partial charge in [0.2, 0.25) is 0 Å². The van der Waals surface area contributed by atoms with E-state index in [0.717, 1.165) is 14.5 Å². The molecule has 0 aliphatic heterocycles. The van der Waals surface area contributed by atoms with Crippen molar-refractivity contribution in [2.45, 2.75) is 5.88 Å². The summed E-state index contributed by atoms with van der Waals surface area (Å²) >= 11 is 24.7. The highest BCUT2D eigenvalue weighted by Gasteiger charge is 2.10. The van der Waals surface area contributed by atoms with Crippen molar-refractivity contribution in [3.05, 3.63) is 54.9 Å². The zero-order valence-corrected chi connectivity index (χ0v) is 14.8. The summed E-state index contributed by atoms with van der Waals surface area (Å²) in [5, 5.41) is 0.999. The third-order valence-electron chi connectivity index (χ3n) is 2.37. The highest BCUT2D eigenvalue weighted by atomic mass is 79.9. The van der Waals surface area contributed by atoms with Crippen molar-refractivity contribution in [3.8, 4) is 11.5 Å². The lowest BCUT2D eigenvalue weighted by Crippen LogP contribution is -1.91. The van der Waals surface area contributed by atoms with Crippen LogP contribution >= 0.6 is 66.7 Å². The van der Waals surface area contributed by atoms with Gasteiger partial charge in [0.05, 0.1) is 15.9 Å². The van der Waals surface area contributed by atoms with Crippen LogP contribution in [-0.2, 0) is 5.88 Å². The van der Waals surface area contributed by atoms with E-state index in [4.69, 9.17) is 39.5 Å². The summed E-state index contributed by atoms with van der Waals surface area (Å²) in [5.74, 6) is 1.48. The predicted molar refractivity (Wildman–Crippen MR) is 87.9 cm³/mol. The molecule has 2 aromatic rings. The molecule has 0 atom stereocenters. The molecule has 0 amide bonds. The molecular weight excluding hydrogens is 438 g/mol. The van der Waals surface area contributed by atoms with E-state index in [1.54, 1.807) is 12.1 Å². The molecular formula is C13H7Br2Cl3O. The number of hydrogen-bond acceptors (Lipinski definition) is 1. The third-order valence-corrected chi connectivity index (χ3v) is 4.64. The van der Waals surface area contributed by atoms with Gasteiger partial charge in [-0.05, 0) is 34.1 Å². The Morgan fingerprint density at radius 3 is 2.37 bits per heavy atom. The van der Waals surface area contributed by atoms with Gasteiger partial charge < -0.3 is 4.74 Å². The fraction of sp³-hybridized carbons (Fsp3) is 0.0769. The largest absolute Gasteiger partial charge is 0.455 e. The molecule has 0 bridgehead atoms. The Hall–Kier alpha value is 0.0700. The maximum Gasteiger partial charge on any atom is 0.147 e. The van der Waals surface area contributed by atoms with Crippen LogP contribution in [0.25, 0.3) is 0 Å². The number of halogens is 5. The molecule has 0 N–H and O–H groups in total. The van der Waals surface area contributed by atoms with Crippen molar-refractivity contribution >= 4 is 66.7 Å². The van der Waals surface area contributed by atoms with Crippen LogP contribution in [0.1, 0.15) is 5.56 Å². The van der Waals surface area contributed by atoms with E-state index in [-0.39, 0.29) is 0 Å². The SMILES string of the molecule is ClCc1ccc(Br)cc1Oc1cc(Cl)c(Br)cc1Cl. The zero-order chi connectivity index (χ0) is 14.0. The van der Waals surface area contributed by atoms with Crippen molar-refractivity contribution in [1.82, 2.24) is 0 Å². The van der Waals surface area contributed by atoms with Crippen molar-refractivity contribution in [2.75, 3.05) is 0 Å². The van der Waals surface area contributed by atoms with Crippen LogP contribution in [0.4, 0.5) is 0 Å². The molecule has 0 spiro atoms. The van der Waals surface area contributed by atoms with Crippen LogP contribution in [-0.4, -0.2) is 0 Å². The van der Waals surface area contributed by atoms with Gasteiger partial charge in [-0.3, -0.25) is 0 Å². The lowest BCUT2D eigenvalue weighted by molar-refractivity contribution is 0.478. The summed E-state index contributed by atoms with van der Waals surface area (Å²) in [6, 6.07) is 8.98. The van der Waals surface area contributed by atoms with E-state index < -0.39 is 0 Å². The van der Waals surface area contributed by atoms with Crippen molar-refractivity contribution in [3.63, 3.8) is 0 Å². The summed E-state index contributed by atoms with van der Waals surface area (Å²) in [5.41, 5.74) is 0.875. The maximum absolute atomic E-state index is 6.13. The molecule has 0 aliphatic carbocycles. The Kier molecular flexibility index (Phi) is 5.44. The number of ether oxygens (including phenoxy) is 1. The fourth-order valence-corrected chi connectivity index (χ4v) is 2.83. The Morgan fingerprint density at radius 2 is 1.68 bits per heavy atom. The molecule has 1 nitrogen and oxygen atoms in total. The molecule has 0 aliphatic rings. The quantitative estimate of drug-likeness (QED) is 0.363. The minimum atomic E-state index is 0.352. The third kappa shape index (κ3) is 3.79.